The highest BCUT2D eigenvalue weighted by Crippen LogP contribution is 2.41. The zero-order valence-corrected chi connectivity index (χ0v) is 10.1. The lowest BCUT2D eigenvalue weighted by Gasteiger charge is -2.31. The van der Waals surface area contributed by atoms with E-state index in [1.54, 1.807) is 0 Å². The molecule has 1 fully saturated rings. The van der Waals surface area contributed by atoms with Gasteiger partial charge in [-0.15, -0.1) is 0 Å². The van der Waals surface area contributed by atoms with Gasteiger partial charge in [0.2, 0.25) is 0 Å². The van der Waals surface area contributed by atoms with Crippen LogP contribution in [0.4, 0.5) is 13.2 Å². The summed E-state index contributed by atoms with van der Waals surface area (Å²) < 4.78 is 39.1. The second-order valence-corrected chi connectivity index (χ2v) is 4.73. The summed E-state index contributed by atoms with van der Waals surface area (Å²) >= 11 is 0. The lowest BCUT2D eigenvalue weighted by atomic mass is 9.82. The Hall–Kier alpha value is -1.56. The highest BCUT2D eigenvalue weighted by molar-refractivity contribution is 5.69. The summed E-state index contributed by atoms with van der Waals surface area (Å²) in [5.74, 6) is -1.11. The minimum atomic E-state index is -4.48. The summed E-state index contributed by atoms with van der Waals surface area (Å²) in [5, 5.41) is 11.9. The zero-order chi connectivity index (χ0) is 14.1. The number of carboxylic acids is 1. The van der Waals surface area contributed by atoms with E-state index in [1.807, 2.05) is 0 Å². The maximum absolute atomic E-state index is 13.0. The number of hydrogen-bond acceptors (Lipinski definition) is 2. The van der Waals surface area contributed by atoms with Crippen molar-refractivity contribution in [2.75, 3.05) is 6.54 Å². The van der Waals surface area contributed by atoms with Gasteiger partial charge in [-0.25, -0.2) is 0 Å². The number of benzene rings is 1. The van der Waals surface area contributed by atoms with Gasteiger partial charge < -0.3 is 10.4 Å². The predicted molar refractivity (Wildman–Crippen MR) is 62.6 cm³/mol. The maximum atomic E-state index is 13.0. The van der Waals surface area contributed by atoms with Crippen LogP contribution in [0.3, 0.4) is 0 Å². The largest absolute Gasteiger partial charge is 0.481 e. The Bertz CT molecular complexity index is 479. The second kappa shape index (κ2) is 4.85. The Morgan fingerprint density at radius 3 is 2.58 bits per heavy atom. The van der Waals surface area contributed by atoms with Crippen LogP contribution < -0.4 is 5.32 Å². The van der Waals surface area contributed by atoms with Crippen molar-refractivity contribution in [3.63, 3.8) is 0 Å². The maximum Gasteiger partial charge on any atom is 0.416 e. The van der Waals surface area contributed by atoms with Gasteiger partial charge in [-0.05, 0) is 31.0 Å². The van der Waals surface area contributed by atoms with E-state index in [2.05, 4.69) is 5.32 Å². The van der Waals surface area contributed by atoms with E-state index < -0.39 is 23.2 Å². The van der Waals surface area contributed by atoms with Crippen molar-refractivity contribution in [3.05, 3.63) is 35.4 Å². The zero-order valence-electron chi connectivity index (χ0n) is 10.1. The molecule has 1 aromatic carbocycles. The number of hydrogen-bond donors (Lipinski definition) is 2. The summed E-state index contributed by atoms with van der Waals surface area (Å²) in [6, 6.07) is 5.19. The summed E-state index contributed by atoms with van der Waals surface area (Å²) in [6.07, 6.45) is -3.77. The second-order valence-electron chi connectivity index (χ2n) is 4.73. The normalized spacial score (nSPS) is 23.5. The lowest BCUT2D eigenvalue weighted by Crippen LogP contribution is -2.40. The number of carboxylic acid groups (broad SMARTS) is 1. The molecule has 104 valence electrons. The first-order valence-corrected chi connectivity index (χ1v) is 5.99. The summed E-state index contributed by atoms with van der Waals surface area (Å²) in [6.45, 7) is 0.527. The number of nitrogens with one attached hydrogen (secondary N) is 1. The van der Waals surface area contributed by atoms with Gasteiger partial charge in [-0.3, -0.25) is 4.79 Å². The third kappa shape index (κ3) is 2.73. The van der Waals surface area contributed by atoms with Crippen molar-refractivity contribution in [1.82, 2.24) is 5.32 Å². The van der Waals surface area contributed by atoms with E-state index in [-0.39, 0.29) is 12.0 Å². The highest BCUT2D eigenvalue weighted by Gasteiger charge is 2.44. The van der Waals surface area contributed by atoms with Crippen LogP contribution in [0.15, 0.2) is 24.3 Å². The number of rotatable bonds is 3. The number of carbonyl (C=O) groups is 1. The molecule has 19 heavy (non-hydrogen) atoms. The molecule has 0 bridgehead atoms. The van der Waals surface area contributed by atoms with E-state index in [1.165, 1.54) is 18.2 Å². The molecule has 2 N–H and O–H groups in total. The quantitative estimate of drug-likeness (QED) is 0.890. The molecular weight excluding hydrogens is 259 g/mol. The summed E-state index contributed by atoms with van der Waals surface area (Å²) in [4.78, 5) is 11.0. The first-order chi connectivity index (χ1) is 8.85. The standard InChI is InChI=1S/C13H14F3NO2/c14-13(15,16)10-5-2-1-4-9(10)12(8-11(18)19)6-3-7-17-12/h1-2,4-5,17H,3,6-8H2,(H,18,19). The van der Waals surface area contributed by atoms with E-state index in [0.29, 0.717) is 19.4 Å². The van der Waals surface area contributed by atoms with E-state index in [9.17, 15) is 18.0 Å². The number of alkyl halides is 3. The van der Waals surface area contributed by atoms with E-state index in [0.717, 1.165) is 6.07 Å². The Labute approximate surface area is 108 Å². The van der Waals surface area contributed by atoms with Crippen molar-refractivity contribution in [2.24, 2.45) is 0 Å². The van der Waals surface area contributed by atoms with E-state index >= 15 is 0 Å². The molecule has 1 aromatic rings. The molecule has 0 saturated carbocycles. The fourth-order valence-corrected chi connectivity index (χ4v) is 2.69. The van der Waals surface area contributed by atoms with Crippen LogP contribution in [0.1, 0.15) is 30.4 Å². The van der Waals surface area contributed by atoms with Crippen LogP contribution in [0, 0.1) is 0 Å². The Morgan fingerprint density at radius 2 is 2.05 bits per heavy atom. The molecule has 0 aliphatic carbocycles. The molecule has 1 heterocycles. The molecule has 3 nitrogen and oxygen atoms in total. The average Bonchev–Trinajstić information content (AvgIpc) is 2.77. The van der Waals surface area contributed by atoms with Crippen LogP contribution in [0.2, 0.25) is 0 Å². The van der Waals surface area contributed by atoms with Crippen molar-refractivity contribution in [2.45, 2.75) is 31.0 Å². The van der Waals surface area contributed by atoms with Crippen molar-refractivity contribution in [3.8, 4) is 0 Å². The van der Waals surface area contributed by atoms with E-state index in [4.69, 9.17) is 5.11 Å². The predicted octanol–water partition coefficient (Wildman–Crippen LogP) is 2.76. The third-order valence-electron chi connectivity index (χ3n) is 3.44. The summed E-state index contributed by atoms with van der Waals surface area (Å²) in [7, 11) is 0. The number of halogens is 3. The number of aliphatic carboxylic acids is 1. The van der Waals surface area contributed by atoms with Crippen LogP contribution >= 0.6 is 0 Å². The van der Waals surface area contributed by atoms with Crippen molar-refractivity contribution in [1.29, 1.82) is 0 Å². The first-order valence-electron chi connectivity index (χ1n) is 5.99. The van der Waals surface area contributed by atoms with Gasteiger partial charge in [-0.2, -0.15) is 13.2 Å². The minimum absolute atomic E-state index is 0.0300. The first kappa shape index (κ1) is 13.9. The Morgan fingerprint density at radius 1 is 1.37 bits per heavy atom. The Kier molecular flexibility index (Phi) is 3.54. The van der Waals surface area contributed by atoms with Crippen LogP contribution in [-0.2, 0) is 16.5 Å². The highest BCUT2D eigenvalue weighted by atomic mass is 19.4. The molecular formula is C13H14F3NO2. The molecule has 1 atom stereocenters. The Balaban J connectivity index is 2.51. The molecule has 0 spiro atoms. The minimum Gasteiger partial charge on any atom is -0.481 e. The molecule has 0 radical (unpaired) electrons. The van der Waals surface area contributed by atoms with Crippen molar-refractivity contribution < 1.29 is 23.1 Å². The van der Waals surface area contributed by atoms with Crippen LogP contribution in [-0.4, -0.2) is 17.6 Å². The lowest BCUT2D eigenvalue weighted by molar-refractivity contribution is -0.142. The fourth-order valence-electron chi connectivity index (χ4n) is 2.69. The van der Waals surface area contributed by atoms with Gasteiger partial charge in [0, 0.05) is 0 Å². The van der Waals surface area contributed by atoms with Gasteiger partial charge in [0.05, 0.1) is 17.5 Å². The SMILES string of the molecule is O=C(O)CC1(c2ccccc2C(F)(F)F)CCCN1. The molecule has 2 rings (SSSR count). The molecule has 1 aliphatic heterocycles. The molecule has 1 unspecified atom stereocenters. The average molecular weight is 273 g/mol. The van der Waals surface area contributed by atoms with Gasteiger partial charge in [0.25, 0.3) is 0 Å². The summed E-state index contributed by atoms with van der Waals surface area (Å²) in [5.41, 5.74) is -1.84. The molecule has 1 saturated heterocycles. The molecule has 0 amide bonds. The van der Waals surface area contributed by atoms with Crippen LogP contribution in [0.25, 0.3) is 0 Å². The fraction of sp³-hybridized carbons (Fsp3) is 0.462. The van der Waals surface area contributed by atoms with Crippen molar-refractivity contribution >= 4 is 5.97 Å². The van der Waals surface area contributed by atoms with Gasteiger partial charge in [-0.1, -0.05) is 18.2 Å². The molecule has 0 aromatic heterocycles. The monoisotopic (exact) mass is 273 g/mol. The van der Waals surface area contributed by atoms with Gasteiger partial charge in [0.1, 0.15) is 0 Å². The van der Waals surface area contributed by atoms with Crippen LogP contribution in [0.5, 0.6) is 0 Å². The topological polar surface area (TPSA) is 49.3 Å². The van der Waals surface area contributed by atoms with Gasteiger partial charge >= 0.3 is 12.1 Å². The smallest absolute Gasteiger partial charge is 0.416 e. The van der Waals surface area contributed by atoms with Gasteiger partial charge in [0.15, 0.2) is 0 Å². The third-order valence-corrected chi connectivity index (χ3v) is 3.44. The molecule has 1 aliphatic rings. The molecule has 6 heteroatoms.